The summed E-state index contributed by atoms with van der Waals surface area (Å²) in [5.41, 5.74) is 18.9. The Kier molecular flexibility index (Phi) is 10.2. The van der Waals surface area contributed by atoms with Gasteiger partial charge in [-0.1, -0.05) is 0 Å². The fourth-order valence-corrected chi connectivity index (χ4v) is 27.6. The molecule has 0 radical (unpaired) electrons. The Morgan fingerprint density at radius 1 is 0.519 bits per heavy atom. The summed E-state index contributed by atoms with van der Waals surface area (Å²) >= 11 is -4.18. The summed E-state index contributed by atoms with van der Waals surface area (Å²) < 4.78 is 19.0. The van der Waals surface area contributed by atoms with Crippen LogP contribution in [0.3, 0.4) is 0 Å². The van der Waals surface area contributed by atoms with E-state index in [2.05, 4.69) is 167 Å². The van der Waals surface area contributed by atoms with Crippen molar-refractivity contribution < 1.29 is 26.2 Å². The van der Waals surface area contributed by atoms with Gasteiger partial charge in [-0.2, -0.15) is 0 Å². The Balaban J connectivity index is 0.00000232. The summed E-state index contributed by atoms with van der Waals surface area (Å²) in [6.07, 6.45) is 4.99. The van der Waals surface area contributed by atoms with E-state index < -0.39 is 17.4 Å². The molecule has 0 bridgehead atoms. The number of allylic oxidation sites excluding steroid dienone is 2. The molecule has 0 saturated heterocycles. The van der Waals surface area contributed by atoms with E-state index in [-0.39, 0.29) is 32.1 Å². The first-order valence-electron chi connectivity index (χ1n) is 17.9. The summed E-state index contributed by atoms with van der Waals surface area (Å²) in [4.78, 5) is 0. The molecule has 2 aromatic heterocycles. The standard InChI is InChI=1S/2C22H19O.2CH3.2ClH.H2Si.Zr/c2*1-14-11-18-12-19(21-10-9-15(2)23-21)13-20(18)22(16(14)3)17-7-5-4-6-8-17;;;;;;/h2*4-13H,1-3H3;2*1H3;2*1H;1H2;. The third-order valence-corrected chi connectivity index (χ3v) is 29.0. The summed E-state index contributed by atoms with van der Waals surface area (Å²) in [5, 5.41) is 0. The van der Waals surface area contributed by atoms with Gasteiger partial charge in [0.1, 0.15) is 0 Å². The van der Waals surface area contributed by atoms with E-state index in [0.717, 1.165) is 23.0 Å². The third-order valence-electron chi connectivity index (χ3n) is 11.8. The fraction of sp³-hybridized carbons (Fsp3) is 0.217. The molecule has 2 nitrogen and oxygen atoms in total. The van der Waals surface area contributed by atoms with Gasteiger partial charge in [-0.05, 0) is 0 Å². The maximum Gasteiger partial charge on any atom is -0.147 e. The summed E-state index contributed by atoms with van der Waals surface area (Å²) in [6, 6.07) is 35.6. The normalized spacial score (nSPS) is 16.4. The molecular formula is C46H48Cl2O2SiZr. The second-order valence-electron chi connectivity index (χ2n) is 15.9. The van der Waals surface area contributed by atoms with Gasteiger partial charge in [0, 0.05) is 0 Å². The van der Waals surface area contributed by atoms with Crippen LogP contribution in [0.15, 0.2) is 106 Å². The van der Waals surface area contributed by atoms with Crippen molar-refractivity contribution in [2.24, 2.45) is 0 Å². The van der Waals surface area contributed by atoms with Crippen LogP contribution in [0, 0.1) is 41.5 Å². The van der Waals surface area contributed by atoms with Gasteiger partial charge < -0.3 is 0 Å². The van der Waals surface area contributed by atoms with Crippen molar-refractivity contribution in [1.29, 1.82) is 0 Å². The second kappa shape index (κ2) is 13.8. The SMILES string of the molecule is Cc1ccc(C2=Cc3c(cc(C)c(C)c3-c3ccccc3)[CH]2[Zr]([CH3])([CH3])(=[SiH2])[CH]2C(c3ccc(C)o3)=Cc3c2cc(C)c(C)c3-c2ccccc2)o1.Cl.Cl. The monoisotopic (exact) mass is 820 g/mol. The third kappa shape index (κ3) is 6.05. The maximum atomic E-state index is 6.57. The molecule has 6 aromatic rings. The molecule has 2 atom stereocenters. The molecule has 0 aliphatic heterocycles. The van der Waals surface area contributed by atoms with Crippen LogP contribution in [0.1, 0.15) is 74.8 Å². The first kappa shape index (κ1) is 38.3. The van der Waals surface area contributed by atoms with Crippen LogP contribution >= 0.6 is 24.8 Å². The smallest absolute Gasteiger partial charge is 0.147 e. The number of furan rings is 2. The van der Waals surface area contributed by atoms with Gasteiger partial charge in [-0.15, -0.1) is 24.8 Å². The van der Waals surface area contributed by atoms with Gasteiger partial charge in [-0.25, -0.2) is 0 Å². The van der Waals surface area contributed by atoms with Gasteiger partial charge in [0.25, 0.3) is 0 Å². The molecule has 8 rings (SSSR count). The number of fused-ring (bicyclic) bond motifs is 2. The van der Waals surface area contributed by atoms with Crippen LogP contribution in [-0.4, -0.2) is 6.88 Å². The number of halogens is 2. The number of aryl methyl sites for hydroxylation is 4. The first-order valence-corrected chi connectivity index (χ1v) is 31.5. The summed E-state index contributed by atoms with van der Waals surface area (Å²) in [6.45, 7) is 15.7. The maximum absolute atomic E-state index is 6.57. The molecule has 2 heterocycles. The molecule has 0 saturated carbocycles. The van der Waals surface area contributed by atoms with Crippen molar-refractivity contribution in [3.63, 3.8) is 0 Å². The van der Waals surface area contributed by atoms with Crippen LogP contribution < -0.4 is 0 Å². The molecule has 0 N–H and O–H groups in total. The average Bonchev–Trinajstić information content (AvgIpc) is 3.88. The molecule has 4 aromatic carbocycles. The molecule has 2 aliphatic carbocycles. The molecule has 52 heavy (non-hydrogen) atoms. The van der Waals surface area contributed by atoms with Crippen molar-refractivity contribution in [2.75, 3.05) is 0 Å². The summed E-state index contributed by atoms with van der Waals surface area (Å²) in [5.74, 6) is 3.89. The quantitative estimate of drug-likeness (QED) is 0.156. The number of rotatable bonds is 6. The van der Waals surface area contributed by atoms with E-state index in [1.807, 2.05) is 0 Å². The van der Waals surface area contributed by atoms with Gasteiger partial charge in [0.2, 0.25) is 0 Å². The molecule has 0 fully saturated rings. The van der Waals surface area contributed by atoms with Crippen LogP contribution in [0.25, 0.3) is 45.6 Å². The Labute approximate surface area is 323 Å². The van der Waals surface area contributed by atoms with E-state index in [1.54, 1.807) is 0 Å². The van der Waals surface area contributed by atoms with E-state index in [4.69, 9.17) is 8.83 Å². The molecule has 0 spiro atoms. The van der Waals surface area contributed by atoms with Crippen molar-refractivity contribution >= 4 is 55.0 Å². The molecular weight excluding hydrogens is 775 g/mol. The number of hydrogen-bond acceptors (Lipinski definition) is 2. The van der Waals surface area contributed by atoms with Gasteiger partial charge >= 0.3 is 301 Å². The van der Waals surface area contributed by atoms with Crippen LogP contribution in [-0.2, 0) is 17.4 Å². The van der Waals surface area contributed by atoms with Gasteiger partial charge in [0.15, 0.2) is 0 Å². The van der Waals surface area contributed by atoms with Gasteiger partial charge in [-0.3, -0.25) is 0 Å². The van der Waals surface area contributed by atoms with E-state index in [9.17, 15) is 0 Å². The van der Waals surface area contributed by atoms with Gasteiger partial charge in [0.05, 0.1) is 0 Å². The second-order valence-corrected chi connectivity index (χ2v) is 46.4. The minimum atomic E-state index is -4.18. The predicted octanol–water partition coefficient (Wildman–Crippen LogP) is 13.1. The minimum absolute atomic E-state index is 0. The van der Waals surface area contributed by atoms with Crippen LogP contribution in [0.4, 0.5) is 0 Å². The van der Waals surface area contributed by atoms with Crippen LogP contribution in [0.2, 0.25) is 9.26 Å². The molecule has 2 unspecified atom stereocenters. The Hall–Kier alpha value is -3.40. The zero-order valence-electron chi connectivity index (χ0n) is 31.4. The fourth-order valence-electron chi connectivity index (χ4n) is 9.30. The summed E-state index contributed by atoms with van der Waals surface area (Å²) in [7, 11) is 0. The van der Waals surface area contributed by atoms with Crippen molar-refractivity contribution in [2.45, 2.75) is 58.1 Å². The van der Waals surface area contributed by atoms with E-state index in [1.165, 1.54) is 77.9 Å². The molecule has 2 aliphatic rings. The zero-order valence-corrected chi connectivity index (χ0v) is 36.9. The number of benzene rings is 4. The largest absolute Gasteiger partial charge is 0.147 e. The first-order chi connectivity index (χ1) is 23.8. The Morgan fingerprint density at radius 3 is 1.21 bits per heavy atom. The number of hydrogen-bond donors (Lipinski definition) is 0. The Bertz CT molecular complexity index is 2310. The van der Waals surface area contributed by atoms with E-state index >= 15 is 0 Å². The van der Waals surface area contributed by atoms with Crippen LogP contribution in [0.5, 0.6) is 0 Å². The van der Waals surface area contributed by atoms with Crippen molar-refractivity contribution in [3.05, 3.63) is 165 Å². The van der Waals surface area contributed by atoms with E-state index in [0.29, 0.717) is 0 Å². The molecule has 6 heteroatoms. The topological polar surface area (TPSA) is 26.3 Å². The van der Waals surface area contributed by atoms with Crippen molar-refractivity contribution in [3.8, 4) is 22.3 Å². The minimum Gasteiger partial charge on any atom is -0.147 e. The average molecular weight is 823 g/mol. The predicted molar refractivity (Wildman–Crippen MR) is 226 cm³/mol. The Morgan fingerprint density at radius 2 is 0.885 bits per heavy atom. The zero-order chi connectivity index (χ0) is 35.1. The molecule has 0 amide bonds. The van der Waals surface area contributed by atoms with Crippen molar-refractivity contribution in [1.82, 2.24) is 0 Å². The molecule has 266 valence electrons.